The number of rotatable bonds is 10. The van der Waals surface area contributed by atoms with Crippen LogP contribution in [0.15, 0.2) is 36.6 Å². The lowest BCUT2D eigenvalue weighted by Crippen LogP contribution is -1.78. The largest absolute Gasteiger partial charge is 0.299 e. The molecule has 16 heavy (non-hydrogen) atoms. The van der Waals surface area contributed by atoms with Crippen LogP contribution in [0.3, 0.4) is 0 Å². The van der Waals surface area contributed by atoms with Crippen molar-refractivity contribution < 1.29 is 5.11 Å². The summed E-state index contributed by atoms with van der Waals surface area (Å²) in [5.41, 5.74) is 0. The van der Waals surface area contributed by atoms with E-state index in [1.807, 2.05) is 12.2 Å². The summed E-state index contributed by atoms with van der Waals surface area (Å²) in [5.74, 6) is 0. The second kappa shape index (κ2) is 14.0. The van der Waals surface area contributed by atoms with E-state index < -0.39 is 0 Å². The maximum Gasteiger partial charge on any atom is 0.142 e. The Morgan fingerprint density at radius 1 is 0.750 bits per heavy atom. The Bertz CT molecular complexity index is 201. The molecule has 0 saturated carbocycles. The molecule has 1 nitrogen and oxygen atoms in total. The summed E-state index contributed by atoms with van der Waals surface area (Å²) in [4.78, 5) is 0. The van der Waals surface area contributed by atoms with Gasteiger partial charge in [-0.15, -0.1) is 0 Å². The molecule has 91 valence electrons. The molecule has 0 aliphatic heterocycles. The Hall–Kier alpha value is -0.980. The van der Waals surface area contributed by atoms with Gasteiger partial charge in [0.05, 0.1) is 0 Å². The van der Waals surface area contributed by atoms with Crippen molar-refractivity contribution in [1.82, 2.24) is 0 Å². The van der Waals surface area contributed by atoms with Crippen molar-refractivity contribution in [2.45, 2.75) is 58.3 Å². The van der Waals surface area contributed by atoms with Crippen molar-refractivity contribution in [3.05, 3.63) is 36.6 Å². The first kappa shape index (κ1) is 15.0. The van der Waals surface area contributed by atoms with Crippen molar-refractivity contribution in [3.63, 3.8) is 0 Å². The van der Waals surface area contributed by atoms with Crippen LogP contribution in [0.4, 0.5) is 0 Å². The average molecular weight is 221 g/mol. The molecule has 0 aromatic rings. The average Bonchev–Trinajstić information content (AvgIpc) is 2.31. The van der Waals surface area contributed by atoms with Crippen molar-refractivity contribution >= 4 is 0 Å². The molecule has 0 fully saturated rings. The van der Waals surface area contributed by atoms with Crippen LogP contribution in [-0.2, 0) is 5.11 Å². The number of allylic oxidation sites excluding steroid dienone is 5. The van der Waals surface area contributed by atoms with Gasteiger partial charge in [-0.2, -0.15) is 0 Å². The van der Waals surface area contributed by atoms with E-state index in [9.17, 15) is 5.11 Å². The molecule has 0 atom stereocenters. The van der Waals surface area contributed by atoms with Crippen LogP contribution >= 0.6 is 0 Å². The van der Waals surface area contributed by atoms with Crippen LogP contribution in [0.1, 0.15) is 58.3 Å². The zero-order chi connectivity index (χ0) is 11.9. The van der Waals surface area contributed by atoms with E-state index in [0.29, 0.717) is 0 Å². The van der Waals surface area contributed by atoms with Crippen LogP contribution in [0.25, 0.3) is 0 Å². The first-order valence-electron chi connectivity index (χ1n) is 6.52. The van der Waals surface area contributed by atoms with Crippen molar-refractivity contribution in [3.8, 4) is 0 Å². The molecule has 0 bridgehead atoms. The Balaban J connectivity index is 3.14. The zero-order valence-electron chi connectivity index (χ0n) is 10.5. The molecule has 1 heteroatoms. The molecular weight excluding hydrogens is 196 g/mol. The van der Waals surface area contributed by atoms with Crippen LogP contribution < -0.4 is 0 Å². The van der Waals surface area contributed by atoms with Crippen LogP contribution in [0, 0.1) is 0 Å². The second-order valence-corrected chi connectivity index (χ2v) is 4.05. The standard InChI is InChI=1S/C15H25O/c1-2-3-4-5-6-7-8-9-10-11-12-13-14-15-16/h10-15H,2-9H2,1H3. The third-order valence-corrected chi connectivity index (χ3v) is 2.52. The highest BCUT2D eigenvalue weighted by Crippen LogP contribution is 2.08. The minimum Gasteiger partial charge on any atom is -0.299 e. The van der Waals surface area contributed by atoms with Gasteiger partial charge in [0.2, 0.25) is 0 Å². The summed E-state index contributed by atoms with van der Waals surface area (Å²) in [5, 5.41) is 9.96. The summed E-state index contributed by atoms with van der Waals surface area (Å²) in [6, 6.07) is 0. The van der Waals surface area contributed by atoms with E-state index in [0.717, 1.165) is 12.7 Å². The summed E-state index contributed by atoms with van der Waals surface area (Å²) >= 11 is 0. The van der Waals surface area contributed by atoms with Crippen LogP contribution in [0.2, 0.25) is 0 Å². The van der Waals surface area contributed by atoms with Gasteiger partial charge in [-0.3, -0.25) is 5.11 Å². The molecular formula is C15H25O. The Labute approximate surface area is 101 Å². The fraction of sp³-hybridized carbons (Fsp3) is 0.600. The topological polar surface area (TPSA) is 19.9 Å². The molecule has 0 amide bonds. The molecule has 0 heterocycles. The molecule has 0 spiro atoms. The number of hydrogen-bond donors (Lipinski definition) is 0. The Morgan fingerprint density at radius 3 is 2.06 bits per heavy atom. The monoisotopic (exact) mass is 221 g/mol. The molecule has 0 aliphatic carbocycles. The first-order chi connectivity index (χ1) is 7.91. The van der Waals surface area contributed by atoms with E-state index in [1.54, 1.807) is 6.08 Å². The van der Waals surface area contributed by atoms with Crippen molar-refractivity contribution in [1.29, 1.82) is 0 Å². The quantitative estimate of drug-likeness (QED) is 0.275. The molecule has 0 N–H and O–H groups in total. The Kier molecular flexibility index (Phi) is 13.2. The summed E-state index contributed by atoms with van der Waals surface area (Å²) in [7, 11) is 0. The summed E-state index contributed by atoms with van der Waals surface area (Å²) < 4.78 is 0. The van der Waals surface area contributed by atoms with Crippen LogP contribution in [0.5, 0.6) is 0 Å². The van der Waals surface area contributed by atoms with Gasteiger partial charge in [0.1, 0.15) is 6.26 Å². The normalized spacial score (nSPS) is 12.3. The number of hydrogen-bond acceptors (Lipinski definition) is 0. The predicted octanol–water partition coefficient (Wildman–Crippen LogP) is 5.18. The molecule has 0 aromatic heterocycles. The van der Waals surface area contributed by atoms with E-state index in [4.69, 9.17) is 0 Å². The van der Waals surface area contributed by atoms with Gasteiger partial charge in [-0.25, -0.2) is 0 Å². The second-order valence-electron chi connectivity index (χ2n) is 4.05. The Morgan fingerprint density at radius 2 is 1.38 bits per heavy atom. The molecule has 0 unspecified atom stereocenters. The van der Waals surface area contributed by atoms with Gasteiger partial charge in [-0.1, -0.05) is 69.8 Å². The lowest BCUT2D eigenvalue weighted by molar-refractivity contribution is 0.352. The fourth-order valence-corrected chi connectivity index (χ4v) is 1.57. The maximum atomic E-state index is 9.96. The van der Waals surface area contributed by atoms with E-state index in [2.05, 4.69) is 13.0 Å². The van der Waals surface area contributed by atoms with Crippen LogP contribution in [-0.4, -0.2) is 0 Å². The number of unbranched alkanes of at least 4 members (excludes halogenated alkanes) is 7. The van der Waals surface area contributed by atoms with Gasteiger partial charge in [0.25, 0.3) is 0 Å². The van der Waals surface area contributed by atoms with Gasteiger partial charge in [0.15, 0.2) is 0 Å². The first-order valence-corrected chi connectivity index (χ1v) is 6.52. The molecule has 1 radical (unpaired) electrons. The summed E-state index contributed by atoms with van der Waals surface area (Å²) in [6.45, 7) is 2.25. The van der Waals surface area contributed by atoms with Crippen molar-refractivity contribution in [2.24, 2.45) is 0 Å². The van der Waals surface area contributed by atoms with E-state index in [-0.39, 0.29) is 0 Å². The lowest BCUT2D eigenvalue weighted by Gasteiger charge is -1.98. The molecule has 0 saturated heterocycles. The molecule has 0 aliphatic rings. The fourth-order valence-electron chi connectivity index (χ4n) is 1.57. The highest BCUT2D eigenvalue weighted by atomic mass is 16.2. The van der Waals surface area contributed by atoms with Crippen molar-refractivity contribution in [2.75, 3.05) is 0 Å². The van der Waals surface area contributed by atoms with Gasteiger partial charge in [0, 0.05) is 0 Å². The summed E-state index contributed by atoms with van der Waals surface area (Å²) in [6.07, 6.45) is 20.8. The molecule has 0 aromatic carbocycles. The SMILES string of the molecule is CCCCCCCCCC=CC=CC=C[O]. The predicted molar refractivity (Wildman–Crippen MR) is 70.7 cm³/mol. The highest BCUT2D eigenvalue weighted by Gasteiger charge is 1.88. The lowest BCUT2D eigenvalue weighted by atomic mass is 10.1. The smallest absolute Gasteiger partial charge is 0.142 e. The van der Waals surface area contributed by atoms with E-state index in [1.165, 1.54) is 51.0 Å². The highest BCUT2D eigenvalue weighted by molar-refractivity contribution is 5.09. The van der Waals surface area contributed by atoms with Gasteiger partial charge >= 0.3 is 0 Å². The minimum absolute atomic E-state index is 0.792. The maximum absolute atomic E-state index is 9.96. The van der Waals surface area contributed by atoms with Gasteiger partial charge < -0.3 is 0 Å². The third-order valence-electron chi connectivity index (χ3n) is 2.52. The minimum atomic E-state index is 0.792. The third kappa shape index (κ3) is 13.0. The zero-order valence-corrected chi connectivity index (χ0v) is 10.5. The molecule has 0 rings (SSSR count). The van der Waals surface area contributed by atoms with E-state index >= 15 is 0 Å². The van der Waals surface area contributed by atoms with Gasteiger partial charge in [-0.05, 0) is 18.9 Å².